The molecule has 2 aliphatic heterocycles. The number of unbranched alkanes of at least 4 members (excludes halogenated alkanes) is 8. The third-order valence-electron chi connectivity index (χ3n) is 7.25. The van der Waals surface area contributed by atoms with Gasteiger partial charge in [-0.2, -0.15) is 0 Å². The van der Waals surface area contributed by atoms with Crippen molar-refractivity contribution in [3.63, 3.8) is 0 Å². The summed E-state index contributed by atoms with van der Waals surface area (Å²) in [5, 5.41) is 18.6. The van der Waals surface area contributed by atoms with Crippen molar-refractivity contribution in [3.05, 3.63) is 71.8 Å². The molecular formula is C34H47ClO6. The number of alkyl halides is 1. The number of aromatic hydroxyl groups is 2. The number of cyclic esters (lactones) is 2. The molecule has 2 aromatic rings. The van der Waals surface area contributed by atoms with Crippen LogP contribution in [0.15, 0.2) is 60.7 Å². The first-order chi connectivity index (χ1) is 19.7. The van der Waals surface area contributed by atoms with Gasteiger partial charge in [-0.05, 0) is 48.2 Å². The zero-order valence-electron chi connectivity index (χ0n) is 24.8. The summed E-state index contributed by atoms with van der Waals surface area (Å²) >= 11 is 5.27. The third-order valence-corrected chi connectivity index (χ3v) is 7.59. The van der Waals surface area contributed by atoms with Gasteiger partial charge in [0.15, 0.2) is 0 Å². The molecule has 0 saturated carbocycles. The summed E-state index contributed by atoms with van der Waals surface area (Å²) in [5.74, 6) is 0.0935. The molecule has 7 heteroatoms. The molecule has 2 aromatic carbocycles. The average molecular weight is 587 g/mol. The minimum Gasteiger partial charge on any atom is -0.508 e. The zero-order chi connectivity index (χ0) is 30.1. The van der Waals surface area contributed by atoms with Crippen molar-refractivity contribution in [2.24, 2.45) is 5.92 Å². The smallest absolute Gasteiger partial charge is 0.321 e. The molecule has 0 amide bonds. The number of esters is 2. The molecule has 0 spiro atoms. The van der Waals surface area contributed by atoms with E-state index in [2.05, 4.69) is 25.5 Å². The van der Waals surface area contributed by atoms with Crippen molar-refractivity contribution in [1.82, 2.24) is 0 Å². The molecule has 226 valence electrons. The number of epoxide rings is 1. The van der Waals surface area contributed by atoms with Crippen LogP contribution in [0.5, 0.6) is 11.5 Å². The Hall–Kier alpha value is -2.83. The molecule has 2 saturated heterocycles. The Bertz CT molecular complexity index is 1010. The van der Waals surface area contributed by atoms with Crippen LogP contribution in [0, 0.1) is 5.92 Å². The predicted octanol–water partition coefficient (Wildman–Crippen LogP) is 8.21. The van der Waals surface area contributed by atoms with E-state index in [9.17, 15) is 19.8 Å². The number of carbonyl (C=O) groups is 2. The highest BCUT2D eigenvalue weighted by atomic mass is 35.5. The van der Waals surface area contributed by atoms with Crippen molar-refractivity contribution in [1.29, 1.82) is 0 Å². The van der Waals surface area contributed by atoms with E-state index in [-0.39, 0.29) is 29.3 Å². The van der Waals surface area contributed by atoms with E-state index < -0.39 is 11.9 Å². The largest absolute Gasteiger partial charge is 0.508 e. The summed E-state index contributed by atoms with van der Waals surface area (Å²) in [6, 6.07) is 14.4. The van der Waals surface area contributed by atoms with Crippen LogP contribution in [0.2, 0.25) is 0 Å². The van der Waals surface area contributed by atoms with E-state index in [1.54, 1.807) is 24.3 Å². The molecule has 2 aliphatic rings. The van der Waals surface area contributed by atoms with Crippen LogP contribution < -0.4 is 0 Å². The van der Waals surface area contributed by atoms with E-state index >= 15 is 0 Å². The Morgan fingerprint density at radius 3 is 1.73 bits per heavy atom. The van der Waals surface area contributed by atoms with E-state index in [0.717, 1.165) is 24.2 Å². The Balaban J connectivity index is 0.000000245. The molecular weight excluding hydrogens is 540 g/mol. The molecule has 0 bridgehead atoms. The lowest BCUT2D eigenvalue weighted by Crippen LogP contribution is -2.18. The fourth-order valence-electron chi connectivity index (χ4n) is 4.38. The highest BCUT2D eigenvalue weighted by Gasteiger charge is 2.30. The van der Waals surface area contributed by atoms with Crippen LogP contribution in [-0.2, 0) is 24.5 Å². The van der Waals surface area contributed by atoms with Crippen molar-refractivity contribution >= 4 is 23.5 Å². The Labute approximate surface area is 250 Å². The number of phenolic OH excluding ortho intramolecular Hbond substituents is 2. The standard InChI is InChI=1S/C16H26O3.C15H16O2.C3H5ClO/c1-2-3-4-5-6-7-8-9-10-11-12-14-13-15(17)19-16(14)18;1-15(2,11-3-7-13(16)8-4-11)12-5-9-14(17)10-6-12;4-1-3-2-5-3/h11-12,14H,2-10,13H2,1H3;3-10,16-17H,1-2H3;3H,1-2H2/b12-11+;;. The van der Waals surface area contributed by atoms with Gasteiger partial charge in [0.25, 0.3) is 0 Å². The van der Waals surface area contributed by atoms with Gasteiger partial charge in [-0.15, -0.1) is 11.6 Å². The minimum absolute atomic E-state index is 0.151. The molecule has 2 unspecified atom stereocenters. The quantitative estimate of drug-likeness (QED) is 0.0613. The number of halogens is 1. The number of hydrogen-bond donors (Lipinski definition) is 2. The zero-order valence-corrected chi connectivity index (χ0v) is 25.6. The number of phenols is 2. The number of carbonyl (C=O) groups excluding carboxylic acids is 2. The van der Waals surface area contributed by atoms with E-state index in [0.29, 0.717) is 12.0 Å². The molecule has 2 heterocycles. The Morgan fingerprint density at radius 1 is 0.854 bits per heavy atom. The van der Waals surface area contributed by atoms with Crippen LogP contribution in [-0.4, -0.2) is 40.7 Å². The van der Waals surface area contributed by atoms with Crippen molar-refractivity contribution in [2.45, 2.75) is 96.5 Å². The Morgan fingerprint density at radius 2 is 1.34 bits per heavy atom. The van der Waals surface area contributed by atoms with E-state index in [4.69, 9.17) is 16.3 Å². The van der Waals surface area contributed by atoms with Crippen LogP contribution >= 0.6 is 11.6 Å². The maximum absolute atomic E-state index is 11.2. The second-order valence-electron chi connectivity index (χ2n) is 11.1. The summed E-state index contributed by atoms with van der Waals surface area (Å²) in [4.78, 5) is 22.1. The SMILES string of the molecule is CC(C)(c1ccc(O)cc1)c1ccc(O)cc1.CCCCCCCCCC/C=C/C1CC(=O)OC1=O.ClCC1CO1. The van der Waals surface area contributed by atoms with Gasteiger partial charge in [0.2, 0.25) is 0 Å². The van der Waals surface area contributed by atoms with Crippen LogP contribution in [0.1, 0.15) is 96.1 Å². The first kappa shape index (κ1) is 34.4. The average Bonchev–Trinajstić information content (AvgIpc) is 3.74. The van der Waals surface area contributed by atoms with Crippen LogP contribution in [0.3, 0.4) is 0 Å². The maximum atomic E-state index is 11.2. The van der Waals surface area contributed by atoms with Gasteiger partial charge < -0.3 is 19.7 Å². The van der Waals surface area contributed by atoms with Gasteiger partial charge in [0.1, 0.15) is 11.5 Å². The number of benzene rings is 2. The lowest BCUT2D eigenvalue weighted by atomic mass is 9.78. The first-order valence-electron chi connectivity index (χ1n) is 14.8. The summed E-state index contributed by atoms with van der Waals surface area (Å²) < 4.78 is 9.21. The summed E-state index contributed by atoms with van der Waals surface area (Å²) in [7, 11) is 0. The van der Waals surface area contributed by atoms with Gasteiger partial charge in [0, 0.05) is 5.41 Å². The predicted molar refractivity (Wildman–Crippen MR) is 164 cm³/mol. The summed E-state index contributed by atoms with van der Waals surface area (Å²) in [6.07, 6.45) is 15.9. The highest BCUT2D eigenvalue weighted by molar-refractivity contribution is 6.18. The molecule has 0 aliphatic carbocycles. The maximum Gasteiger partial charge on any atom is 0.321 e. The van der Waals surface area contributed by atoms with Gasteiger partial charge in [0.05, 0.1) is 30.9 Å². The number of rotatable bonds is 13. The number of allylic oxidation sites excluding steroid dienone is 1. The monoisotopic (exact) mass is 586 g/mol. The second kappa shape index (κ2) is 18.6. The van der Waals surface area contributed by atoms with E-state index in [1.165, 1.54) is 51.4 Å². The van der Waals surface area contributed by atoms with Gasteiger partial charge in [-0.3, -0.25) is 9.59 Å². The number of hydrogen-bond acceptors (Lipinski definition) is 6. The Kier molecular flexibility index (Phi) is 15.6. The second-order valence-corrected chi connectivity index (χ2v) is 11.4. The van der Waals surface area contributed by atoms with Gasteiger partial charge in [-0.25, -0.2) is 0 Å². The lowest BCUT2D eigenvalue weighted by molar-refractivity contribution is -0.152. The molecule has 41 heavy (non-hydrogen) atoms. The fourth-order valence-corrected chi connectivity index (χ4v) is 4.55. The molecule has 6 nitrogen and oxygen atoms in total. The lowest BCUT2D eigenvalue weighted by Gasteiger charge is -2.26. The van der Waals surface area contributed by atoms with Crippen LogP contribution in [0.25, 0.3) is 0 Å². The normalized spacial score (nSPS) is 17.9. The summed E-state index contributed by atoms with van der Waals surface area (Å²) in [6.45, 7) is 7.35. The number of ether oxygens (including phenoxy) is 2. The minimum atomic E-state index is -0.397. The van der Waals surface area contributed by atoms with Crippen molar-refractivity contribution < 1.29 is 29.3 Å². The fraction of sp³-hybridized carbons (Fsp3) is 0.529. The van der Waals surface area contributed by atoms with Gasteiger partial charge >= 0.3 is 11.9 Å². The molecule has 2 atom stereocenters. The molecule has 2 fully saturated rings. The van der Waals surface area contributed by atoms with Gasteiger partial charge in [-0.1, -0.05) is 102 Å². The topological polar surface area (TPSA) is 96.4 Å². The van der Waals surface area contributed by atoms with Crippen LogP contribution in [0.4, 0.5) is 0 Å². The molecule has 2 N–H and O–H groups in total. The first-order valence-corrected chi connectivity index (χ1v) is 15.4. The van der Waals surface area contributed by atoms with E-state index in [1.807, 2.05) is 36.4 Å². The third kappa shape index (κ3) is 13.6. The molecule has 4 rings (SSSR count). The highest BCUT2D eigenvalue weighted by Crippen LogP contribution is 2.33. The molecule has 0 radical (unpaired) electrons. The van der Waals surface area contributed by atoms with Crippen molar-refractivity contribution in [3.8, 4) is 11.5 Å². The van der Waals surface area contributed by atoms with Crippen molar-refractivity contribution in [2.75, 3.05) is 12.5 Å². The summed E-state index contributed by atoms with van der Waals surface area (Å²) in [5.41, 5.74) is 2.10. The molecule has 0 aromatic heterocycles.